The van der Waals surface area contributed by atoms with Crippen molar-refractivity contribution < 1.29 is 9.59 Å². The summed E-state index contributed by atoms with van der Waals surface area (Å²) in [5, 5.41) is 7.51. The Kier molecular flexibility index (Phi) is 3.13. The lowest BCUT2D eigenvalue weighted by Gasteiger charge is -2.13. The first-order chi connectivity index (χ1) is 12.8. The van der Waals surface area contributed by atoms with Crippen molar-refractivity contribution in [3.8, 4) is 0 Å². The second-order valence-electron chi connectivity index (χ2n) is 6.55. The summed E-state index contributed by atoms with van der Waals surface area (Å²) in [4.78, 5) is 24.0. The van der Waals surface area contributed by atoms with Gasteiger partial charge in [-0.3, -0.25) is 9.59 Å². The molecule has 5 aromatic rings. The molecule has 0 unspecified atom stereocenters. The Labute approximate surface area is 149 Å². The zero-order valence-electron chi connectivity index (χ0n) is 13.9. The predicted molar refractivity (Wildman–Crippen MR) is 107 cm³/mol. The zero-order chi connectivity index (χ0) is 17.7. The molecule has 0 bridgehead atoms. The number of benzene rings is 5. The molecule has 0 aliphatic heterocycles. The second kappa shape index (κ2) is 5.50. The molecule has 0 saturated heterocycles. The van der Waals surface area contributed by atoms with E-state index in [1.54, 1.807) is 0 Å². The molecule has 0 spiro atoms. The minimum atomic E-state index is 0.636. The Balaban J connectivity index is 2.10. The van der Waals surface area contributed by atoms with E-state index in [1.165, 1.54) is 0 Å². The van der Waals surface area contributed by atoms with Crippen LogP contribution in [0.25, 0.3) is 43.1 Å². The molecule has 0 heterocycles. The van der Waals surface area contributed by atoms with E-state index < -0.39 is 0 Å². The van der Waals surface area contributed by atoms with Crippen molar-refractivity contribution in [2.45, 2.75) is 0 Å². The molecule has 0 atom stereocenters. The second-order valence-corrected chi connectivity index (χ2v) is 6.55. The van der Waals surface area contributed by atoms with Crippen LogP contribution in [0.1, 0.15) is 20.7 Å². The van der Waals surface area contributed by atoms with Crippen molar-refractivity contribution in [1.29, 1.82) is 0 Å². The van der Waals surface area contributed by atoms with Gasteiger partial charge < -0.3 is 0 Å². The van der Waals surface area contributed by atoms with Crippen LogP contribution in [0.15, 0.2) is 72.8 Å². The molecular formula is C24H14O2. The third-order valence-corrected chi connectivity index (χ3v) is 5.17. The average molecular weight is 334 g/mol. The largest absolute Gasteiger partial charge is 0.298 e. The highest BCUT2D eigenvalue weighted by Crippen LogP contribution is 2.36. The summed E-state index contributed by atoms with van der Waals surface area (Å²) >= 11 is 0. The fourth-order valence-corrected chi connectivity index (χ4v) is 3.92. The van der Waals surface area contributed by atoms with Crippen LogP contribution < -0.4 is 0 Å². The smallest absolute Gasteiger partial charge is 0.151 e. The van der Waals surface area contributed by atoms with E-state index in [0.717, 1.165) is 55.7 Å². The molecule has 2 nitrogen and oxygen atoms in total. The molecule has 0 fully saturated rings. The van der Waals surface area contributed by atoms with Crippen LogP contribution in [0.2, 0.25) is 0 Å². The highest BCUT2D eigenvalue weighted by Gasteiger charge is 2.15. The van der Waals surface area contributed by atoms with Crippen LogP contribution in [0.3, 0.4) is 0 Å². The van der Waals surface area contributed by atoms with E-state index >= 15 is 0 Å². The van der Waals surface area contributed by atoms with Gasteiger partial charge in [-0.1, -0.05) is 48.5 Å². The van der Waals surface area contributed by atoms with Crippen molar-refractivity contribution in [2.24, 2.45) is 0 Å². The maximum Gasteiger partial charge on any atom is 0.151 e. The fourth-order valence-electron chi connectivity index (χ4n) is 3.92. The fraction of sp³-hybridized carbons (Fsp3) is 0. The molecule has 0 N–H and O–H groups in total. The van der Waals surface area contributed by atoms with Gasteiger partial charge in [-0.05, 0) is 67.4 Å². The summed E-state index contributed by atoms with van der Waals surface area (Å²) in [6.45, 7) is 0. The van der Waals surface area contributed by atoms with Crippen LogP contribution >= 0.6 is 0 Å². The molecular weight excluding hydrogens is 320 g/mol. The Morgan fingerprint density at radius 2 is 0.731 bits per heavy atom. The van der Waals surface area contributed by atoms with Gasteiger partial charge in [0.2, 0.25) is 0 Å². The van der Waals surface area contributed by atoms with Crippen molar-refractivity contribution in [3.05, 3.63) is 83.9 Å². The summed E-state index contributed by atoms with van der Waals surface area (Å²) < 4.78 is 0. The SMILES string of the molecule is O=Cc1c2cc3ccccc3cc2c(C=O)c2cc3ccccc3cc12. The van der Waals surface area contributed by atoms with Gasteiger partial charge in [0.15, 0.2) is 12.6 Å². The zero-order valence-corrected chi connectivity index (χ0v) is 13.9. The van der Waals surface area contributed by atoms with E-state index in [2.05, 4.69) is 0 Å². The van der Waals surface area contributed by atoms with Gasteiger partial charge >= 0.3 is 0 Å². The van der Waals surface area contributed by atoms with Gasteiger partial charge in [0, 0.05) is 11.1 Å². The molecule has 122 valence electrons. The molecule has 0 radical (unpaired) electrons. The predicted octanol–water partition coefficient (Wildman–Crippen LogP) is 5.92. The topological polar surface area (TPSA) is 34.1 Å². The summed E-state index contributed by atoms with van der Waals surface area (Å²) in [5.74, 6) is 0. The molecule has 26 heavy (non-hydrogen) atoms. The molecule has 5 rings (SSSR count). The highest BCUT2D eigenvalue weighted by molar-refractivity contribution is 6.23. The summed E-state index contributed by atoms with van der Waals surface area (Å²) in [6, 6.07) is 24.0. The van der Waals surface area contributed by atoms with Gasteiger partial charge in [-0.2, -0.15) is 0 Å². The van der Waals surface area contributed by atoms with E-state index in [1.807, 2.05) is 72.8 Å². The maximum absolute atomic E-state index is 12.0. The van der Waals surface area contributed by atoms with E-state index in [9.17, 15) is 9.59 Å². The third kappa shape index (κ3) is 1.99. The summed E-state index contributed by atoms with van der Waals surface area (Å²) in [6.07, 6.45) is 1.81. The van der Waals surface area contributed by atoms with Crippen LogP contribution in [0, 0.1) is 0 Å². The number of fused-ring (bicyclic) bond motifs is 4. The Morgan fingerprint density at radius 1 is 0.462 bits per heavy atom. The number of rotatable bonds is 2. The van der Waals surface area contributed by atoms with Gasteiger partial charge in [-0.25, -0.2) is 0 Å². The maximum atomic E-state index is 12.0. The lowest BCUT2D eigenvalue weighted by Crippen LogP contribution is -1.95. The minimum Gasteiger partial charge on any atom is -0.298 e. The molecule has 5 aromatic carbocycles. The molecule has 0 saturated carbocycles. The monoisotopic (exact) mass is 334 g/mol. The van der Waals surface area contributed by atoms with Crippen LogP contribution in [0.4, 0.5) is 0 Å². The van der Waals surface area contributed by atoms with E-state index in [0.29, 0.717) is 11.1 Å². The van der Waals surface area contributed by atoms with Crippen molar-refractivity contribution in [2.75, 3.05) is 0 Å². The first kappa shape index (κ1) is 14.8. The Hall–Kier alpha value is -3.52. The van der Waals surface area contributed by atoms with Crippen LogP contribution in [0.5, 0.6) is 0 Å². The lowest BCUT2D eigenvalue weighted by atomic mass is 9.89. The van der Waals surface area contributed by atoms with E-state index in [4.69, 9.17) is 0 Å². The van der Waals surface area contributed by atoms with Crippen LogP contribution in [-0.2, 0) is 0 Å². The highest BCUT2D eigenvalue weighted by atomic mass is 16.1. The normalized spacial score (nSPS) is 11.4. The lowest BCUT2D eigenvalue weighted by molar-refractivity contribution is 0.111. The quantitative estimate of drug-likeness (QED) is 0.296. The van der Waals surface area contributed by atoms with E-state index in [-0.39, 0.29) is 0 Å². The third-order valence-electron chi connectivity index (χ3n) is 5.17. The number of aldehydes is 2. The first-order valence-electron chi connectivity index (χ1n) is 8.51. The van der Waals surface area contributed by atoms with Crippen molar-refractivity contribution in [1.82, 2.24) is 0 Å². The number of carbonyl (C=O) groups is 2. The molecule has 0 aliphatic rings. The Morgan fingerprint density at radius 3 is 0.962 bits per heavy atom. The van der Waals surface area contributed by atoms with Crippen LogP contribution in [-0.4, -0.2) is 12.6 Å². The molecule has 0 amide bonds. The summed E-state index contributed by atoms with van der Waals surface area (Å²) in [7, 11) is 0. The Bertz CT molecular complexity index is 1160. The van der Waals surface area contributed by atoms with Gasteiger partial charge in [-0.15, -0.1) is 0 Å². The minimum absolute atomic E-state index is 0.636. The molecule has 0 aliphatic carbocycles. The standard InChI is InChI=1S/C24H14O2/c25-13-23-19-9-15-5-1-2-6-16(15)10-20(19)24(14-26)22-12-18-8-4-3-7-17(18)11-21(22)23/h1-14H. The number of hydrogen-bond donors (Lipinski definition) is 0. The summed E-state index contributed by atoms with van der Waals surface area (Å²) in [5.41, 5.74) is 1.27. The number of carbonyl (C=O) groups excluding carboxylic acids is 2. The average Bonchev–Trinajstić information content (AvgIpc) is 2.69. The van der Waals surface area contributed by atoms with Crippen molar-refractivity contribution >= 4 is 55.7 Å². The van der Waals surface area contributed by atoms with Crippen molar-refractivity contribution in [3.63, 3.8) is 0 Å². The van der Waals surface area contributed by atoms with Gasteiger partial charge in [0.1, 0.15) is 0 Å². The first-order valence-corrected chi connectivity index (χ1v) is 8.51. The van der Waals surface area contributed by atoms with Gasteiger partial charge in [0.05, 0.1) is 0 Å². The molecule has 0 aromatic heterocycles. The van der Waals surface area contributed by atoms with Gasteiger partial charge in [0.25, 0.3) is 0 Å². The molecule has 2 heteroatoms. The number of hydrogen-bond acceptors (Lipinski definition) is 2.